The molecular formula is C20H26N2O4S. The number of carbonyl (C=O) groups excluding carboxylic acids is 1. The van der Waals surface area contributed by atoms with Crippen LogP contribution in [0.4, 0.5) is 11.4 Å². The smallest absolute Gasteiger partial charge is 0.248 e. The van der Waals surface area contributed by atoms with Crippen molar-refractivity contribution in [2.24, 2.45) is 0 Å². The van der Waals surface area contributed by atoms with Crippen molar-refractivity contribution in [3.05, 3.63) is 53.6 Å². The molecule has 2 aromatic carbocycles. The van der Waals surface area contributed by atoms with E-state index in [1.807, 2.05) is 39.0 Å². The molecule has 0 unspecified atom stereocenters. The summed E-state index contributed by atoms with van der Waals surface area (Å²) in [4.78, 5) is 12.7. The lowest BCUT2D eigenvalue weighted by molar-refractivity contribution is -0.116. The van der Waals surface area contributed by atoms with Crippen LogP contribution in [0.25, 0.3) is 0 Å². The summed E-state index contributed by atoms with van der Waals surface area (Å²) >= 11 is 0. The Morgan fingerprint density at radius 1 is 1.15 bits per heavy atom. The molecule has 1 N–H and O–H groups in total. The molecule has 0 saturated carbocycles. The lowest BCUT2D eigenvalue weighted by Gasteiger charge is -2.28. The summed E-state index contributed by atoms with van der Waals surface area (Å²) < 4.78 is 31.2. The fraction of sp³-hybridized carbons (Fsp3) is 0.350. The first-order valence-electron chi connectivity index (χ1n) is 8.74. The zero-order chi connectivity index (χ0) is 20.2. The number of anilines is 2. The van der Waals surface area contributed by atoms with E-state index in [-0.39, 0.29) is 0 Å². The number of hydrogen-bond donors (Lipinski definition) is 1. The number of hydrogen-bond acceptors (Lipinski definition) is 4. The fourth-order valence-electron chi connectivity index (χ4n) is 2.86. The topological polar surface area (TPSA) is 75.7 Å². The van der Waals surface area contributed by atoms with E-state index in [0.29, 0.717) is 23.7 Å². The van der Waals surface area contributed by atoms with Crippen LogP contribution in [0.15, 0.2) is 42.5 Å². The number of rotatable bonds is 7. The minimum absolute atomic E-state index is 0.402. The highest BCUT2D eigenvalue weighted by Gasteiger charge is 2.29. The third kappa shape index (κ3) is 5.23. The van der Waals surface area contributed by atoms with Crippen molar-refractivity contribution in [1.29, 1.82) is 0 Å². The van der Waals surface area contributed by atoms with E-state index in [9.17, 15) is 13.2 Å². The Labute approximate surface area is 161 Å². The van der Waals surface area contributed by atoms with Crippen LogP contribution in [-0.4, -0.2) is 33.2 Å². The van der Waals surface area contributed by atoms with Crippen molar-refractivity contribution in [1.82, 2.24) is 0 Å². The second-order valence-electron chi connectivity index (χ2n) is 6.47. The van der Waals surface area contributed by atoms with Crippen LogP contribution in [0, 0.1) is 13.8 Å². The zero-order valence-corrected chi connectivity index (χ0v) is 17.1. The van der Waals surface area contributed by atoms with E-state index in [0.717, 1.165) is 21.7 Å². The van der Waals surface area contributed by atoms with Crippen LogP contribution < -0.4 is 14.4 Å². The van der Waals surface area contributed by atoms with E-state index in [1.54, 1.807) is 31.2 Å². The number of carbonyl (C=O) groups is 1. The molecule has 0 aliphatic rings. The Hall–Kier alpha value is -2.54. The van der Waals surface area contributed by atoms with Gasteiger partial charge in [-0.25, -0.2) is 8.42 Å². The SMILES string of the molecule is CCOc1ccc(N([C@@H](C)C(=O)Nc2ccc(C)cc2C)S(C)(=O)=O)cc1. The molecule has 0 spiro atoms. The van der Waals surface area contributed by atoms with Crippen LogP contribution in [0.3, 0.4) is 0 Å². The Balaban J connectivity index is 2.28. The molecule has 27 heavy (non-hydrogen) atoms. The van der Waals surface area contributed by atoms with Gasteiger partial charge in [-0.15, -0.1) is 0 Å². The van der Waals surface area contributed by atoms with Crippen molar-refractivity contribution in [3.8, 4) is 5.75 Å². The third-order valence-corrected chi connectivity index (χ3v) is 5.37. The van der Waals surface area contributed by atoms with Crippen LogP contribution in [-0.2, 0) is 14.8 Å². The second kappa shape index (κ2) is 8.43. The Bertz CT molecular complexity index is 908. The maximum atomic E-state index is 12.7. The van der Waals surface area contributed by atoms with Gasteiger partial charge in [0.25, 0.3) is 0 Å². The Morgan fingerprint density at radius 2 is 1.78 bits per heavy atom. The highest BCUT2D eigenvalue weighted by Crippen LogP contribution is 2.25. The number of benzene rings is 2. The standard InChI is InChI=1S/C20H26N2O4S/c1-6-26-18-10-8-17(9-11-18)22(27(5,24)25)16(4)20(23)21-19-12-7-14(2)13-15(19)3/h7-13,16H,6H2,1-5H3,(H,21,23)/t16-/m0/s1. The fourth-order valence-corrected chi connectivity index (χ4v) is 4.03. The maximum Gasteiger partial charge on any atom is 0.248 e. The number of sulfonamides is 1. The van der Waals surface area contributed by atoms with Gasteiger partial charge in [-0.2, -0.15) is 0 Å². The predicted molar refractivity (Wildman–Crippen MR) is 109 cm³/mol. The maximum absolute atomic E-state index is 12.7. The van der Waals surface area contributed by atoms with Crippen LogP contribution in [0.1, 0.15) is 25.0 Å². The van der Waals surface area contributed by atoms with Crippen molar-refractivity contribution >= 4 is 27.3 Å². The summed E-state index contributed by atoms with van der Waals surface area (Å²) in [6.07, 6.45) is 1.09. The molecule has 2 rings (SSSR count). The minimum Gasteiger partial charge on any atom is -0.494 e. The largest absolute Gasteiger partial charge is 0.494 e. The van der Waals surface area contributed by atoms with Gasteiger partial charge in [0, 0.05) is 5.69 Å². The second-order valence-corrected chi connectivity index (χ2v) is 8.33. The molecule has 0 radical (unpaired) electrons. The number of aryl methyl sites for hydroxylation is 2. The summed E-state index contributed by atoms with van der Waals surface area (Å²) in [5.41, 5.74) is 3.08. The van der Waals surface area contributed by atoms with Crippen LogP contribution in [0.5, 0.6) is 5.75 Å². The number of ether oxygens (including phenoxy) is 1. The Morgan fingerprint density at radius 3 is 2.30 bits per heavy atom. The average Bonchev–Trinajstić information content (AvgIpc) is 2.58. The molecule has 0 aliphatic heterocycles. The van der Waals surface area contributed by atoms with Crippen molar-refractivity contribution in [3.63, 3.8) is 0 Å². The molecule has 1 amide bonds. The van der Waals surface area contributed by atoms with Gasteiger partial charge in [0.1, 0.15) is 11.8 Å². The minimum atomic E-state index is -3.66. The molecule has 146 valence electrons. The Kier molecular flexibility index (Phi) is 6.49. The molecule has 6 nitrogen and oxygen atoms in total. The van der Waals surface area contributed by atoms with Gasteiger partial charge < -0.3 is 10.1 Å². The number of nitrogens with zero attached hydrogens (tertiary/aromatic N) is 1. The van der Waals surface area contributed by atoms with Gasteiger partial charge in [-0.05, 0) is 63.6 Å². The molecule has 0 aliphatic carbocycles. The summed E-state index contributed by atoms with van der Waals surface area (Å²) in [6.45, 7) is 7.82. The first kappa shape index (κ1) is 20.8. The molecule has 0 bridgehead atoms. The van der Waals surface area contributed by atoms with Gasteiger partial charge in [0.2, 0.25) is 15.9 Å². The predicted octanol–water partition coefficient (Wildman–Crippen LogP) is 3.50. The van der Waals surface area contributed by atoms with Crippen molar-refractivity contribution < 1.29 is 17.9 Å². The van der Waals surface area contributed by atoms with Gasteiger partial charge in [-0.3, -0.25) is 9.10 Å². The monoisotopic (exact) mass is 390 g/mol. The van der Waals surface area contributed by atoms with Gasteiger partial charge in [0.15, 0.2) is 0 Å². The molecule has 2 aromatic rings. The first-order chi connectivity index (χ1) is 12.6. The van der Waals surface area contributed by atoms with E-state index in [2.05, 4.69) is 5.32 Å². The van der Waals surface area contributed by atoms with Crippen LogP contribution >= 0.6 is 0 Å². The van der Waals surface area contributed by atoms with Gasteiger partial charge in [0.05, 0.1) is 18.6 Å². The molecule has 0 aromatic heterocycles. The van der Waals surface area contributed by atoms with E-state index in [4.69, 9.17) is 4.74 Å². The summed E-state index contributed by atoms with van der Waals surface area (Å²) in [6, 6.07) is 11.4. The normalized spacial score (nSPS) is 12.3. The lowest BCUT2D eigenvalue weighted by atomic mass is 10.1. The molecule has 0 saturated heterocycles. The average molecular weight is 391 g/mol. The van der Waals surface area contributed by atoms with Crippen LogP contribution in [0.2, 0.25) is 0 Å². The summed E-state index contributed by atoms with van der Waals surface area (Å²) in [7, 11) is -3.66. The molecule has 0 fully saturated rings. The number of amides is 1. The molecule has 7 heteroatoms. The quantitative estimate of drug-likeness (QED) is 0.785. The summed E-state index contributed by atoms with van der Waals surface area (Å²) in [5, 5.41) is 2.82. The van der Waals surface area contributed by atoms with Crippen molar-refractivity contribution in [2.45, 2.75) is 33.7 Å². The third-order valence-electron chi connectivity index (χ3n) is 4.13. The highest BCUT2D eigenvalue weighted by molar-refractivity contribution is 7.92. The first-order valence-corrected chi connectivity index (χ1v) is 10.6. The van der Waals surface area contributed by atoms with Gasteiger partial charge in [-0.1, -0.05) is 17.7 Å². The van der Waals surface area contributed by atoms with E-state index < -0.39 is 22.0 Å². The van der Waals surface area contributed by atoms with Crippen molar-refractivity contribution in [2.75, 3.05) is 22.5 Å². The van der Waals surface area contributed by atoms with E-state index in [1.165, 1.54) is 0 Å². The molecular weight excluding hydrogens is 364 g/mol. The molecule has 1 atom stereocenters. The zero-order valence-electron chi connectivity index (χ0n) is 16.3. The van der Waals surface area contributed by atoms with Gasteiger partial charge >= 0.3 is 0 Å². The highest BCUT2D eigenvalue weighted by atomic mass is 32.2. The summed E-state index contributed by atoms with van der Waals surface area (Å²) in [5.74, 6) is 0.239. The van der Waals surface area contributed by atoms with E-state index >= 15 is 0 Å². The lowest BCUT2D eigenvalue weighted by Crippen LogP contribution is -2.45. The molecule has 0 heterocycles. The number of nitrogens with one attached hydrogen (secondary N) is 1.